The van der Waals surface area contributed by atoms with E-state index >= 15 is 0 Å². The SMILES string of the molecule is COc1cc([C@@H]2C(C(=O)Nc3ccccc3)=C(C)NC3=C2C(=O)C[C@@H](c2cccs2)C3)ccc1O. The van der Waals surface area contributed by atoms with Crippen molar-refractivity contribution in [2.24, 2.45) is 0 Å². The lowest BCUT2D eigenvalue weighted by atomic mass is 9.72. The van der Waals surface area contributed by atoms with E-state index in [1.165, 1.54) is 12.0 Å². The van der Waals surface area contributed by atoms with Crippen LogP contribution in [0.5, 0.6) is 11.5 Å². The summed E-state index contributed by atoms with van der Waals surface area (Å²) in [6.45, 7) is 1.87. The number of benzene rings is 2. The summed E-state index contributed by atoms with van der Waals surface area (Å²) in [6.07, 6.45) is 1.08. The summed E-state index contributed by atoms with van der Waals surface area (Å²) in [7, 11) is 1.48. The van der Waals surface area contributed by atoms with E-state index in [9.17, 15) is 14.7 Å². The molecule has 2 heterocycles. The van der Waals surface area contributed by atoms with Crippen molar-refractivity contribution < 1.29 is 19.4 Å². The lowest BCUT2D eigenvalue weighted by Crippen LogP contribution is -2.37. The normalized spacial score (nSPS) is 19.8. The van der Waals surface area contributed by atoms with Gasteiger partial charge in [-0.15, -0.1) is 11.3 Å². The first kappa shape index (κ1) is 22.9. The molecule has 3 N–H and O–H groups in total. The number of nitrogens with one attached hydrogen (secondary N) is 2. The maximum Gasteiger partial charge on any atom is 0.254 e. The largest absolute Gasteiger partial charge is 0.504 e. The number of aromatic hydroxyl groups is 1. The Balaban J connectivity index is 1.60. The van der Waals surface area contributed by atoms with Gasteiger partial charge in [-0.25, -0.2) is 0 Å². The molecular formula is C28H26N2O4S. The molecule has 1 aromatic heterocycles. The summed E-state index contributed by atoms with van der Waals surface area (Å²) >= 11 is 1.66. The van der Waals surface area contributed by atoms with E-state index in [4.69, 9.17) is 4.74 Å². The number of phenols is 1. The molecule has 1 aliphatic carbocycles. The van der Waals surface area contributed by atoms with Crippen molar-refractivity contribution in [3.8, 4) is 11.5 Å². The highest BCUT2D eigenvalue weighted by Gasteiger charge is 2.41. The fourth-order valence-electron chi connectivity index (χ4n) is 4.99. The molecule has 0 spiro atoms. The van der Waals surface area contributed by atoms with Crippen LogP contribution in [0.25, 0.3) is 0 Å². The van der Waals surface area contributed by atoms with E-state index in [2.05, 4.69) is 16.7 Å². The summed E-state index contributed by atoms with van der Waals surface area (Å²) in [5.41, 5.74) is 4.03. The lowest BCUT2D eigenvalue weighted by Gasteiger charge is -2.36. The van der Waals surface area contributed by atoms with Crippen LogP contribution in [-0.2, 0) is 9.59 Å². The fourth-order valence-corrected chi connectivity index (χ4v) is 5.82. The number of phenolic OH excluding ortho intramolecular Hbond substituents is 1. The molecular weight excluding hydrogens is 460 g/mol. The summed E-state index contributed by atoms with van der Waals surface area (Å²) in [5.74, 6) is -0.436. The van der Waals surface area contributed by atoms with Gasteiger partial charge in [-0.3, -0.25) is 9.59 Å². The van der Waals surface area contributed by atoms with Crippen molar-refractivity contribution in [2.75, 3.05) is 12.4 Å². The van der Waals surface area contributed by atoms with Crippen LogP contribution in [0, 0.1) is 0 Å². The van der Waals surface area contributed by atoms with E-state index in [-0.39, 0.29) is 23.4 Å². The number of carbonyl (C=O) groups is 2. The molecule has 1 aliphatic heterocycles. The van der Waals surface area contributed by atoms with E-state index in [0.717, 1.165) is 5.70 Å². The fraction of sp³-hybridized carbons (Fsp3) is 0.214. The van der Waals surface area contributed by atoms with Gasteiger partial charge in [-0.05, 0) is 54.6 Å². The van der Waals surface area contributed by atoms with Crippen molar-refractivity contribution in [1.82, 2.24) is 5.32 Å². The first-order valence-corrected chi connectivity index (χ1v) is 12.3. The lowest BCUT2D eigenvalue weighted by molar-refractivity contribution is -0.116. The van der Waals surface area contributed by atoms with Crippen molar-refractivity contribution in [1.29, 1.82) is 0 Å². The van der Waals surface area contributed by atoms with Gasteiger partial charge in [0.15, 0.2) is 17.3 Å². The van der Waals surface area contributed by atoms with Gasteiger partial charge in [0.2, 0.25) is 0 Å². The van der Waals surface area contributed by atoms with Gasteiger partial charge in [0, 0.05) is 51.4 Å². The van der Waals surface area contributed by atoms with Crippen LogP contribution in [0.3, 0.4) is 0 Å². The monoisotopic (exact) mass is 486 g/mol. The molecule has 0 fully saturated rings. The maximum atomic E-state index is 13.6. The molecule has 5 rings (SSSR count). The number of para-hydroxylation sites is 1. The van der Waals surface area contributed by atoms with E-state index < -0.39 is 5.92 Å². The standard InChI is InChI=1S/C28H26N2O4S/c1-16-25(28(33)30-19-7-4-3-5-8-19)26(17-10-11-21(31)23(15-17)34-2)27-20(29-16)13-18(14-22(27)32)24-9-6-12-35-24/h3-12,15,18,26,29,31H,13-14H2,1-2H3,(H,30,33)/t18-,26+/m0/s1. The van der Waals surface area contributed by atoms with Crippen molar-refractivity contribution >= 4 is 28.7 Å². The maximum absolute atomic E-state index is 13.6. The Morgan fingerprint density at radius 3 is 2.63 bits per heavy atom. The van der Waals surface area contributed by atoms with Crippen molar-refractivity contribution in [3.05, 3.63) is 99.0 Å². The van der Waals surface area contributed by atoms with Crippen LogP contribution in [0.1, 0.15) is 42.0 Å². The molecule has 7 heteroatoms. The number of Topliss-reactive ketones (excluding diaryl/α,β-unsaturated/α-hetero) is 1. The number of thiophene rings is 1. The molecule has 0 saturated carbocycles. The minimum absolute atomic E-state index is 0.00288. The Hall–Kier alpha value is -3.84. The van der Waals surface area contributed by atoms with Gasteiger partial charge < -0.3 is 20.5 Å². The molecule has 2 aliphatic rings. The van der Waals surface area contributed by atoms with Crippen LogP contribution in [0.4, 0.5) is 5.69 Å². The molecule has 0 radical (unpaired) electrons. The average Bonchev–Trinajstić information content (AvgIpc) is 3.39. The number of ketones is 1. The van der Waals surface area contributed by atoms with Crippen molar-refractivity contribution in [2.45, 2.75) is 31.6 Å². The molecule has 2 atom stereocenters. The quantitative estimate of drug-likeness (QED) is 0.446. The highest BCUT2D eigenvalue weighted by Crippen LogP contribution is 2.47. The van der Waals surface area contributed by atoms with Gasteiger partial charge in [-0.1, -0.05) is 30.3 Å². The van der Waals surface area contributed by atoms with Crippen LogP contribution in [-0.4, -0.2) is 23.9 Å². The Morgan fingerprint density at radius 1 is 1.11 bits per heavy atom. The number of carbonyl (C=O) groups excluding carboxylic acids is 2. The topological polar surface area (TPSA) is 87.7 Å². The number of rotatable bonds is 5. The Labute approximate surface area is 208 Å². The first-order valence-electron chi connectivity index (χ1n) is 11.5. The van der Waals surface area contributed by atoms with Gasteiger partial charge in [-0.2, -0.15) is 0 Å². The molecule has 2 aromatic carbocycles. The highest BCUT2D eigenvalue weighted by molar-refractivity contribution is 7.10. The second kappa shape index (κ2) is 9.43. The third-order valence-corrected chi connectivity index (χ3v) is 7.62. The number of hydrogen-bond acceptors (Lipinski definition) is 6. The van der Waals surface area contributed by atoms with Crippen molar-refractivity contribution in [3.63, 3.8) is 0 Å². The molecule has 0 unspecified atom stereocenters. The third-order valence-electron chi connectivity index (χ3n) is 6.59. The van der Waals surface area contributed by atoms with Gasteiger partial charge in [0.25, 0.3) is 5.91 Å². The zero-order valence-corrected chi connectivity index (χ0v) is 20.3. The van der Waals surface area contributed by atoms with Crippen LogP contribution < -0.4 is 15.4 Å². The zero-order valence-electron chi connectivity index (χ0n) is 19.5. The number of ether oxygens (including phenoxy) is 1. The van der Waals surface area contributed by atoms with Gasteiger partial charge in [0.05, 0.1) is 7.11 Å². The molecule has 178 valence electrons. The average molecular weight is 487 g/mol. The van der Waals surface area contributed by atoms with Crippen LogP contribution in [0.15, 0.2) is 88.6 Å². The summed E-state index contributed by atoms with van der Waals surface area (Å²) in [5, 5.41) is 18.6. The minimum Gasteiger partial charge on any atom is -0.504 e. The van der Waals surface area contributed by atoms with Gasteiger partial charge in [0.1, 0.15) is 0 Å². The minimum atomic E-state index is -0.582. The number of hydrogen-bond donors (Lipinski definition) is 3. The molecule has 6 nitrogen and oxygen atoms in total. The number of methoxy groups -OCH3 is 1. The smallest absolute Gasteiger partial charge is 0.254 e. The predicted octanol–water partition coefficient (Wildman–Crippen LogP) is 5.46. The van der Waals surface area contributed by atoms with E-state index in [1.54, 1.807) is 29.5 Å². The Bertz CT molecular complexity index is 1340. The number of allylic oxidation sites excluding steroid dienone is 3. The molecule has 0 bridgehead atoms. The number of dihydropyridines is 1. The zero-order chi connectivity index (χ0) is 24.5. The molecule has 1 amide bonds. The molecule has 0 saturated heterocycles. The highest BCUT2D eigenvalue weighted by atomic mass is 32.1. The molecule has 35 heavy (non-hydrogen) atoms. The van der Waals surface area contributed by atoms with Crippen LogP contribution >= 0.6 is 11.3 Å². The summed E-state index contributed by atoms with van der Waals surface area (Å²) in [6, 6.07) is 18.3. The second-order valence-corrected chi connectivity index (χ2v) is 9.76. The van der Waals surface area contributed by atoms with E-state index in [1.807, 2.05) is 48.7 Å². The Kier molecular flexibility index (Phi) is 6.17. The summed E-state index contributed by atoms with van der Waals surface area (Å²) in [4.78, 5) is 28.4. The van der Waals surface area contributed by atoms with Crippen LogP contribution in [0.2, 0.25) is 0 Å². The molecule has 3 aromatic rings. The Morgan fingerprint density at radius 2 is 1.91 bits per heavy atom. The van der Waals surface area contributed by atoms with Gasteiger partial charge >= 0.3 is 0 Å². The predicted molar refractivity (Wildman–Crippen MR) is 137 cm³/mol. The first-order chi connectivity index (χ1) is 17.0. The number of amides is 1. The third kappa shape index (κ3) is 4.35. The summed E-state index contributed by atoms with van der Waals surface area (Å²) < 4.78 is 5.34. The second-order valence-electron chi connectivity index (χ2n) is 8.78. The van der Waals surface area contributed by atoms with E-state index in [0.29, 0.717) is 46.7 Å². The number of anilines is 1.